The number of nitrogens with zero attached hydrogens (tertiary/aromatic N) is 3. The third kappa shape index (κ3) is 3.38. The SMILES string of the molecule is Cn1c(=O)c(-c2ccccc2Cl)cc2cnc(NC3CCC4(CC3)NC(=O)NC4=O)nc21. The average Bonchev–Trinajstić information content (AvgIpc) is 3.06. The van der Waals surface area contributed by atoms with Gasteiger partial charge in [-0.3, -0.25) is 19.5 Å². The molecule has 5 rings (SSSR count). The van der Waals surface area contributed by atoms with Crippen LogP contribution in [0.15, 0.2) is 41.3 Å². The summed E-state index contributed by atoms with van der Waals surface area (Å²) in [6.45, 7) is 0. The zero-order chi connectivity index (χ0) is 22.5. The van der Waals surface area contributed by atoms with Crippen molar-refractivity contribution in [1.29, 1.82) is 0 Å². The van der Waals surface area contributed by atoms with Gasteiger partial charge in [0.25, 0.3) is 11.5 Å². The first-order valence-corrected chi connectivity index (χ1v) is 10.8. The molecule has 0 atom stereocenters. The third-order valence-electron chi connectivity index (χ3n) is 6.30. The van der Waals surface area contributed by atoms with Gasteiger partial charge in [0.05, 0.1) is 0 Å². The van der Waals surface area contributed by atoms with Crippen LogP contribution < -0.4 is 21.5 Å². The predicted molar refractivity (Wildman–Crippen MR) is 121 cm³/mol. The zero-order valence-corrected chi connectivity index (χ0v) is 18.1. The molecule has 2 aromatic heterocycles. The normalized spacial score (nSPS) is 22.8. The van der Waals surface area contributed by atoms with Gasteiger partial charge < -0.3 is 10.6 Å². The number of carbonyl (C=O) groups is 2. The molecule has 32 heavy (non-hydrogen) atoms. The van der Waals surface area contributed by atoms with Crippen molar-refractivity contribution >= 4 is 40.5 Å². The fraction of sp³-hybridized carbons (Fsp3) is 0.318. The van der Waals surface area contributed by atoms with Crippen molar-refractivity contribution in [3.05, 3.63) is 51.9 Å². The van der Waals surface area contributed by atoms with Crippen LogP contribution in [-0.2, 0) is 11.8 Å². The Morgan fingerprint density at radius 2 is 1.91 bits per heavy atom. The minimum absolute atomic E-state index is 0.0582. The number of benzene rings is 1. The molecule has 1 saturated carbocycles. The van der Waals surface area contributed by atoms with E-state index in [1.165, 1.54) is 4.57 Å². The van der Waals surface area contributed by atoms with Gasteiger partial charge in [-0.25, -0.2) is 9.78 Å². The van der Waals surface area contributed by atoms with Gasteiger partial charge in [0.2, 0.25) is 5.95 Å². The van der Waals surface area contributed by atoms with Crippen LogP contribution in [-0.4, -0.2) is 38.1 Å². The quantitative estimate of drug-likeness (QED) is 0.526. The lowest BCUT2D eigenvalue weighted by Crippen LogP contribution is -2.51. The topological polar surface area (TPSA) is 118 Å². The largest absolute Gasteiger partial charge is 0.351 e. The summed E-state index contributed by atoms with van der Waals surface area (Å²) >= 11 is 6.29. The molecule has 2 aliphatic rings. The van der Waals surface area contributed by atoms with Gasteiger partial charge in [-0.2, -0.15) is 4.98 Å². The van der Waals surface area contributed by atoms with Crippen LogP contribution in [0.3, 0.4) is 0 Å². The molecule has 0 bridgehead atoms. The summed E-state index contributed by atoms with van der Waals surface area (Å²) in [6.07, 6.45) is 4.11. The van der Waals surface area contributed by atoms with Crippen molar-refractivity contribution in [2.45, 2.75) is 37.3 Å². The number of amides is 3. The number of fused-ring (bicyclic) bond motifs is 1. The Bertz CT molecular complexity index is 1310. The Morgan fingerprint density at radius 3 is 2.59 bits per heavy atom. The first kappa shape index (κ1) is 20.4. The van der Waals surface area contributed by atoms with E-state index in [0.717, 1.165) is 5.39 Å². The highest BCUT2D eigenvalue weighted by atomic mass is 35.5. The molecule has 1 saturated heterocycles. The lowest BCUT2D eigenvalue weighted by molar-refractivity contribution is -0.125. The number of urea groups is 1. The van der Waals surface area contributed by atoms with Crippen molar-refractivity contribution < 1.29 is 9.59 Å². The number of pyridine rings is 1. The summed E-state index contributed by atoms with van der Waals surface area (Å²) in [6, 6.07) is 8.60. The summed E-state index contributed by atoms with van der Waals surface area (Å²) in [5.41, 5.74) is 0.664. The lowest BCUT2D eigenvalue weighted by Gasteiger charge is -2.34. The summed E-state index contributed by atoms with van der Waals surface area (Å²) in [7, 11) is 1.67. The minimum atomic E-state index is -0.807. The van der Waals surface area contributed by atoms with Crippen LogP contribution >= 0.6 is 11.6 Å². The Balaban J connectivity index is 1.39. The number of halogens is 1. The Hall–Kier alpha value is -3.46. The number of rotatable bonds is 3. The van der Waals surface area contributed by atoms with E-state index in [1.807, 2.05) is 18.2 Å². The van der Waals surface area contributed by atoms with Gasteiger partial charge in [0.15, 0.2) is 0 Å². The number of anilines is 1. The van der Waals surface area contributed by atoms with E-state index in [4.69, 9.17) is 11.6 Å². The standard InChI is InChI=1S/C22H21ClN6O3/c1-29-17-12(10-15(18(29)30)14-4-2-3-5-16(14)23)11-24-20(26-17)25-13-6-8-22(9-7-13)19(31)27-21(32)28-22/h2-5,10-11,13H,6-9H2,1H3,(H,24,25,26)(H2,27,28,31,32). The molecule has 3 N–H and O–H groups in total. The molecular formula is C22H21ClN6O3. The maximum atomic E-state index is 13.0. The third-order valence-corrected chi connectivity index (χ3v) is 6.63. The molecule has 2 fully saturated rings. The highest BCUT2D eigenvalue weighted by Crippen LogP contribution is 2.32. The molecule has 0 radical (unpaired) electrons. The second-order valence-electron chi connectivity index (χ2n) is 8.28. The van der Waals surface area contributed by atoms with E-state index in [0.29, 0.717) is 53.4 Å². The number of hydrogen-bond donors (Lipinski definition) is 3. The first-order chi connectivity index (χ1) is 15.4. The fourth-order valence-electron chi connectivity index (χ4n) is 4.51. The monoisotopic (exact) mass is 452 g/mol. The zero-order valence-electron chi connectivity index (χ0n) is 17.3. The summed E-state index contributed by atoms with van der Waals surface area (Å²) in [5.74, 6) is 0.158. The number of carbonyl (C=O) groups excluding carboxylic acids is 2. The molecule has 1 aliphatic carbocycles. The predicted octanol–water partition coefficient (Wildman–Crippen LogP) is 2.58. The molecule has 3 amide bonds. The van der Waals surface area contributed by atoms with Crippen LogP contribution in [0.5, 0.6) is 0 Å². The van der Waals surface area contributed by atoms with E-state index >= 15 is 0 Å². The van der Waals surface area contributed by atoms with E-state index in [-0.39, 0.29) is 17.5 Å². The Kier molecular flexibility index (Phi) is 4.85. The van der Waals surface area contributed by atoms with Crippen molar-refractivity contribution in [2.75, 3.05) is 5.32 Å². The minimum Gasteiger partial charge on any atom is -0.351 e. The summed E-state index contributed by atoms with van der Waals surface area (Å²) in [5, 5.41) is 9.61. The van der Waals surface area contributed by atoms with Gasteiger partial charge in [-0.15, -0.1) is 0 Å². The Morgan fingerprint density at radius 1 is 1.16 bits per heavy atom. The molecule has 3 heterocycles. The van der Waals surface area contributed by atoms with Gasteiger partial charge in [0.1, 0.15) is 11.2 Å². The van der Waals surface area contributed by atoms with E-state index in [1.54, 1.807) is 25.4 Å². The molecule has 1 aromatic carbocycles. The number of nitrogens with one attached hydrogen (secondary N) is 3. The molecule has 164 valence electrons. The number of aryl methyl sites for hydroxylation is 1. The van der Waals surface area contributed by atoms with Gasteiger partial charge in [-0.1, -0.05) is 29.8 Å². The molecular weight excluding hydrogens is 432 g/mol. The maximum absolute atomic E-state index is 13.0. The molecule has 1 aliphatic heterocycles. The van der Waals surface area contributed by atoms with Crippen LogP contribution in [0.25, 0.3) is 22.2 Å². The van der Waals surface area contributed by atoms with Crippen molar-refractivity contribution in [3.63, 3.8) is 0 Å². The van der Waals surface area contributed by atoms with Gasteiger partial charge >= 0.3 is 6.03 Å². The van der Waals surface area contributed by atoms with Gasteiger partial charge in [-0.05, 0) is 37.8 Å². The smallest absolute Gasteiger partial charge is 0.322 e. The molecule has 0 unspecified atom stereocenters. The molecule has 3 aromatic rings. The molecule has 1 spiro atoms. The molecule has 10 heteroatoms. The van der Waals surface area contributed by atoms with Crippen LogP contribution in [0, 0.1) is 0 Å². The fourth-order valence-corrected chi connectivity index (χ4v) is 4.74. The van der Waals surface area contributed by atoms with Crippen LogP contribution in [0.2, 0.25) is 5.02 Å². The molecule has 9 nitrogen and oxygen atoms in total. The lowest BCUT2D eigenvalue weighted by atomic mass is 9.79. The van der Waals surface area contributed by atoms with Crippen LogP contribution in [0.4, 0.5) is 10.7 Å². The summed E-state index contributed by atoms with van der Waals surface area (Å²) in [4.78, 5) is 45.6. The van der Waals surface area contributed by atoms with Crippen molar-refractivity contribution in [1.82, 2.24) is 25.2 Å². The number of hydrogen-bond acceptors (Lipinski definition) is 6. The second-order valence-corrected chi connectivity index (χ2v) is 8.69. The first-order valence-electron chi connectivity index (χ1n) is 10.4. The van der Waals surface area contributed by atoms with Crippen LogP contribution in [0.1, 0.15) is 25.7 Å². The number of imide groups is 1. The van der Waals surface area contributed by atoms with Gasteiger partial charge in [0, 0.05) is 40.8 Å². The van der Waals surface area contributed by atoms with E-state index in [2.05, 4.69) is 25.9 Å². The highest BCUT2D eigenvalue weighted by molar-refractivity contribution is 6.33. The second kappa shape index (κ2) is 7.59. The summed E-state index contributed by atoms with van der Waals surface area (Å²) < 4.78 is 1.50. The van der Waals surface area contributed by atoms with Crippen molar-refractivity contribution in [3.8, 4) is 11.1 Å². The number of aromatic nitrogens is 3. The average molecular weight is 453 g/mol. The highest BCUT2D eigenvalue weighted by Gasteiger charge is 2.48. The van der Waals surface area contributed by atoms with E-state index in [9.17, 15) is 14.4 Å². The van der Waals surface area contributed by atoms with E-state index < -0.39 is 11.6 Å². The van der Waals surface area contributed by atoms with Crippen molar-refractivity contribution in [2.24, 2.45) is 7.05 Å². The Labute approximate surface area is 188 Å². The maximum Gasteiger partial charge on any atom is 0.322 e.